The van der Waals surface area contributed by atoms with Crippen molar-refractivity contribution in [1.29, 1.82) is 0 Å². The highest BCUT2D eigenvalue weighted by atomic mass is 32.2. The van der Waals surface area contributed by atoms with Crippen molar-refractivity contribution in [2.24, 2.45) is 0 Å². The second-order valence-electron chi connectivity index (χ2n) is 9.68. The lowest BCUT2D eigenvalue weighted by Gasteiger charge is -2.24. The summed E-state index contributed by atoms with van der Waals surface area (Å²) >= 11 is 0. The van der Waals surface area contributed by atoms with Crippen LogP contribution >= 0.6 is 0 Å². The van der Waals surface area contributed by atoms with E-state index < -0.39 is 15.9 Å². The second-order valence-corrected chi connectivity index (χ2v) is 11.4. The molecule has 2 aromatic carbocycles. The fourth-order valence-electron chi connectivity index (χ4n) is 3.57. The van der Waals surface area contributed by atoms with Gasteiger partial charge in [-0.2, -0.15) is 0 Å². The topological polar surface area (TPSA) is 116 Å². The van der Waals surface area contributed by atoms with Crippen molar-refractivity contribution in [3.05, 3.63) is 71.0 Å². The number of nitrogens with zero attached hydrogens (tertiary/aromatic N) is 1. The molecule has 0 aliphatic carbocycles. The van der Waals surface area contributed by atoms with Gasteiger partial charge in [-0.1, -0.05) is 26.8 Å². The van der Waals surface area contributed by atoms with Crippen LogP contribution in [0.4, 0.5) is 11.4 Å². The lowest BCUT2D eigenvalue weighted by molar-refractivity contribution is 0.102. The molecule has 0 radical (unpaired) electrons. The van der Waals surface area contributed by atoms with Gasteiger partial charge in [0, 0.05) is 24.9 Å². The number of anilines is 2. The molecule has 2 N–H and O–H groups in total. The summed E-state index contributed by atoms with van der Waals surface area (Å²) < 4.78 is 43.1. The number of sulfonamides is 1. The van der Waals surface area contributed by atoms with Gasteiger partial charge in [-0.25, -0.2) is 8.42 Å². The average Bonchev–Trinajstić information content (AvgIpc) is 2.79. The molecule has 0 spiro atoms. The second kappa shape index (κ2) is 11.2. The van der Waals surface area contributed by atoms with Crippen LogP contribution in [0.15, 0.2) is 48.7 Å². The van der Waals surface area contributed by atoms with Gasteiger partial charge in [-0.3, -0.25) is 14.5 Å². The number of benzene rings is 2. The lowest BCUT2D eigenvalue weighted by Crippen LogP contribution is -2.18. The summed E-state index contributed by atoms with van der Waals surface area (Å²) in [5.74, 6) is 0.878. The first-order valence-corrected chi connectivity index (χ1v) is 13.4. The van der Waals surface area contributed by atoms with Crippen LogP contribution in [0.25, 0.3) is 0 Å². The molecule has 0 saturated carbocycles. The van der Waals surface area contributed by atoms with Crippen molar-refractivity contribution in [3.63, 3.8) is 0 Å². The Hall–Kier alpha value is -3.63. The van der Waals surface area contributed by atoms with Crippen LogP contribution in [0.5, 0.6) is 17.2 Å². The van der Waals surface area contributed by atoms with E-state index in [1.54, 1.807) is 55.8 Å². The minimum Gasteiger partial charge on any atom is -0.492 e. The molecular formula is C27H33N3O6S. The molecule has 1 heterocycles. The molecule has 3 rings (SSSR count). The fourth-order valence-corrected chi connectivity index (χ4v) is 4.12. The first-order valence-electron chi connectivity index (χ1n) is 11.5. The molecule has 3 aromatic rings. The van der Waals surface area contributed by atoms with Crippen LogP contribution in [0.1, 0.15) is 48.0 Å². The van der Waals surface area contributed by atoms with Crippen molar-refractivity contribution in [2.75, 3.05) is 30.5 Å². The van der Waals surface area contributed by atoms with E-state index in [1.165, 1.54) is 7.11 Å². The first kappa shape index (κ1) is 27.9. The number of ether oxygens (including phenoxy) is 3. The Bertz CT molecular complexity index is 1400. The number of aryl methyl sites for hydroxylation is 1. The number of hydrogen-bond donors (Lipinski definition) is 2. The SMILES string of the molecule is COCc1cc(Oc2cc(C(=O)Nc3cc(C(C)(C)C)cc(NS(C)(=O)=O)c3OC)ccc2C)ccn1. The maximum absolute atomic E-state index is 13.3. The highest BCUT2D eigenvalue weighted by Gasteiger charge is 2.22. The number of nitrogens with one attached hydrogen (secondary N) is 2. The molecule has 0 bridgehead atoms. The highest BCUT2D eigenvalue weighted by molar-refractivity contribution is 7.92. The van der Waals surface area contributed by atoms with Crippen molar-refractivity contribution in [2.45, 2.75) is 39.7 Å². The van der Waals surface area contributed by atoms with E-state index in [1.807, 2.05) is 27.7 Å². The van der Waals surface area contributed by atoms with E-state index in [0.29, 0.717) is 29.4 Å². The highest BCUT2D eigenvalue weighted by Crippen LogP contribution is 2.39. The Morgan fingerprint density at radius 2 is 1.73 bits per heavy atom. The Balaban J connectivity index is 1.96. The largest absolute Gasteiger partial charge is 0.492 e. The van der Waals surface area contributed by atoms with Crippen molar-refractivity contribution >= 4 is 27.3 Å². The van der Waals surface area contributed by atoms with E-state index in [2.05, 4.69) is 15.0 Å². The van der Waals surface area contributed by atoms with E-state index in [0.717, 1.165) is 23.1 Å². The van der Waals surface area contributed by atoms with Crippen molar-refractivity contribution in [1.82, 2.24) is 4.98 Å². The van der Waals surface area contributed by atoms with Gasteiger partial charge >= 0.3 is 0 Å². The zero-order chi connectivity index (χ0) is 27.4. The van der Waals surface area contributed by atoms with Crippen molar-refractivity contribution < 1.29 is 27.4 Å². The van der Waals surface area contributed by atoms with Gasteiger partial charge in [0.2, 0.25) is 10.0 Å². The Morgan fingerprint density at radius 3 is 2.35 bits per heavy atom. The summed E-state index contributed by atoms with van der Waals surface area (Å²) in [5.41, 5.74) is 2.98. The number of carbonyl (C=O) groups excluding carboxylic acids is 1. The number of hydrogen-bond acceptors (Lipinski definition) is 7. The molecule has 1 aromatic heterocycles. The zero-order valence-electron chi connectivity index (χ0n) is 22.1. The Kier molecular flexibility index (Phi) is 8.45. The van der Waals surface area contributed by atoms with Crippen LogP contribution in [0.2, 0.25) is 0 Å². The Morgan fingerprint density at radius 1 is 1.03 bits per heavy atom. The minimum atomic E-state index is -3.59. The van der Waals surface area contributed by atoms with Crippen LogP contribution < -0.4 is 19.5 Å². The third kappa shape index (κ3) is 7.43. The predicted octanol–water partition coefficient (Wildman–Crippen LogP) is 5.26. The Labute approximate surface area is 218 Å². The van der Waals surface area contributed by atoms with Gasteiger partial charge in [0.15, 0.2) is 5.75 Å². The molecule has 0 unspecified atom stereocenters. The van der Waals surface area contributed by atoms with E-state index in [4.69, 9.17) is 14.2 Å². The summed E-state index contributed by atoms with van der Waals surface area (Å²) in [5, 5.41) is 2.87. The van der Waals surface area contributed by atoms with E-state index >= 15 is 0 Å². The predicted molar refractivity (Wildman–Crippen MR) is 144 cm³/mol. The molecule has 10 heteroatoms. The normalized spacial score (nSPS) is 11.6. The third-order valence-electron chi connectivity index (χ3n) is 5.46. The summed E-state index contributed by atoms with van der Waals surface area (Å²) in [7, 11) is -0.581. The summed E-state index contributed by atoms with van der Waals surface area (Å²) in [4.78, 5) is 17.5. The molecular weight excluding hydrogens is 494 g/mol. The quantitative estimate of drug-likeness (QED) is 0.390. The first-order chi connectivity index (χ1) is 17.3. The third-order valence-corrected chi connectivity index (χ3v) is 6.05. The number of rotatable bonds is 9. The number of carbonyl (C=O) groups is 1. The number of pyridine rings is 1. The van der Waals surface area contributed by atoms with Gasteiger partial charge in [0.1, 0.15) is 11.5 Å². The van der Waals surface area contributed by atoms with Gasteiger partial charge in [-0.15, -0.1) is 0 Å². The standard InChI is InChI=1S/C27H33N3O6S/c1-17-8-9-18(12-24(17)36-21-10-11-28-20(15-21)16-34-5)26(31)29-22-13-19(27(2,3)4)14-23(25(22)35-6)30-37(7,32)33/h8-15,30H,16H2,1-7H3,(H,29,31). The average molecular weight is 528 g/mol. The molecule has 0 saturated heterocycles. The summed E-state index contributed by atoms with van der Waals surface area (Å²) in [6.07, 6.45) is 2.69. The molecule has 0 aliphatic rings. The smallest absolute Gasteiger partial charge is 0.255 e. The van der Waals surface area contributed by atoms with Crippen LogP contribution in [0, 0.1) is 6.92 Å². The maximum Gasteiger partial charge on any atom is 0.255 e. The molecule has 198 valence electrons. The lowest BCUT2D eigenvalue weighted by atomic mass is 9.86. The van der Waals surface area contributed by atoms with Crippen LogP contribution in [0.3, 0.4) is 0 Å². The van der Waals surface area contributed by atoms with Gasteiger partial charge < -0.3 is 19.5 Å². The van der Waals surface area contributed by atoms with Gasteiger partial charge in [0.25, 0.3) is 5.91 Å². The molecule has 0 fully saturated rings. The van der Waals surface area contributed by atoms with E-state index in [9.17, 15) is 13.2 Å². The maximum atomic E-state index is 13.3. The molecule has 1 amide bonds. The minimum absolute atomic E-state index is 0.206. The molecule has 0 aliphatic heterocycles. The fraction of sp³-hybridized carbons (Fsp3) is 0.333. The van der Waals surface area contributed by atoms with Gasteiger partial charge in [0.05, 0.1) is 37.0 Å². The van der Waals surface area contributed by atoms with Crippen LogP contribution in [-0.2, 0) is 26.8 Å². The number of methoxy groups -OCH3 is 2. The number of aromatic nitrogens is 1. The zero-order valence-corrected chi connectivity index (χ0v) is 22.9. The molecule has 37 heavy (non-hydrogen) atoms. The molecule has 0 atom stereocenters. The molecule has 9 nitrogen and oxygen atoms in total. The van der Waals surface area contributed by atoms with Gasteiger partial charge in [-0.05, 0) is 53.8 Å². The summed E-state index contributed by atoms with van der Waals surface area (Å²) in [6, 6.07) is 12.1. The summed E-state index contributed by atoms with van der Waals surface area (Å²) in [6.45, 7) is 8.21. The number of amides is 1. The van der Waals surface area contributed by atoms with E-state index in [-0.39, 0.29) is 16.9 Å². The van der Waals surface area contributed by atoms with Crippen LogP contribution in [-0.4, -0.2) is 39.8 Å². The van der Waals surface area contributed by atoms with Crippen molar-refractivity contribution in [3.8, 4) is 17.2 Å². The monoisotopic (exact) mass is 527 g/mol.